The second kappa shape index (κ2) is 6.19. The summed E-state index contributed by atoms with van der Waals surface area (Å²) in [6, 6.07) is 7.26. The largest absolute Gasteiger partial charge is 0.494 e. The van der Waals surface area contributed by atoms with Gasteiger partial charge in [0.1, 0.15) is 5.75 Å². The molecule has 0 aliphatic heterocycles. The Morgan fingerprint density at radius 3 is 2.53 bits per heavy atom. The van der Waals surface area contributed by atoms with E-state index in [9.17, 15) is 4.79 Å². The maximum Gasteiger partial charge on any atom is 0.176 e. The van der Waals surface area contributed by atoms with Crippen molar-refractivity contribution in [2.45, 2.75) is 13.3 Å². The maximum absolute atomic E-state index is 11.5. The van der Waals surface area contributed by atoms with Crippen molar-refractivity contribution in [1.29, 1.82) is 0 Å². The Morgan fingerprint density at radius 2 is 2.00 bits per heavy atom. The van der Waals surface area contributed by atoms with E-state index in [4.69, 9.17) is 4.74 Å². The van der Waals surface area contributed by atoms with Crippen molar-refractivity contribution in [3.63, 3.8) is 0 Å². The van der Waals surface area contributed by atoms with Gasteiger partial charge >= 0.3 is 0 Å². The lowest BCUT2D eigenvalue weighted by molar-refractivity contribution is 0.0993. The van der Waals surface area contributed by atoms with Gasteiger partial charge in [-0.05, 0) is 37.7 Å². The first-order valence-electron chi connectivity index (χ1n) is 5.18. The Labute approximate surface area is 90.4 Å². The van der Waals surface area contributed by atoms with E-state index in [2.05, 4.69) is 12.2 Å². The van der Waals surface area contributed by atoms with E-state index < -0.39 is 0 Å². The molecule has 0 fully saturated rings. The molecule has 1 N–H and O–H groups in total. The van der Waals surface area contributed by atoms with Gasteiger partial charge in [0.2, 0.25) is 0 Å². The topological polar surface area (TPSA) is 38.3 Å². The summed E-state index contributed by atoms with van der Waals surface area (Å²) in [5, 5.41) is 2.83. The van der Waals surface area contributed by atoms with Crippen molar-refractivity contribution >= 4 is 5.78 Å². The Hall–Kier alpha value is -1.35. The van der Waals surface area contributed by atoms with Crippen LogP contribution in [0, 0.1) is 0 Å². The third-order valence-electron chi connectivity index (χ3n) is 1.99. The molecule has 0 aliphatic carbocycles. The Bertz CT molecular complexity index is 306. The number of ketones is 1. The van der Waals surface area contributed by atoms with Gasteiger partial charge in [-0.15, -0.1) is 0 Å². The average molecular weight is 207 g/mol. The van der Waals surface area contributed by atoms with Gasteiger partial charge in [0, 0.05) is 5.56 Å². The molecular weight excluding hydrogens is 190 g/mol. The number of likely N-dealkylation sites (N-methyl/N-ethyl adjacent to an activating group) is 1. The zero-order chi connectivity index (χ0) is 11.1. The summed E-state index contributed by atoms with van der Waals surface area (Å²) in [4.78, 5) is 11.5. The molecule has 3 nitrogen and oxygen atoms in total. The Kier molecular flexibility index (Phi) is 4.84. The van der Waals surface area contributed by atoms with Crippen LogP contribution in [0.25, 0.3) is 0 Å². The fourth-order valence-corrected chi connectivity index (χ4v) is 1.22. The summed E-state index contributed by atoms with van der Waals surface area (Å²) >= 11 is 0. The van der Waals surface area contributed by atoms with Gasteiger partial charge in [-0.3, -0.25) is 4.79 Å². The number of carbonyl (C=O) groups excluding carboxylic acids is 1. The molecule has 0 aromatic heterocycles. The molecule has 82 valence electrons. The number of Topliss-reactive ketones (excluding diaryl/α,β-unsaturated/α-hetero) is 1. The number of hydrogen-bond donors (Lipinski definition) is 1. The summed E-state index contributed by atoms with van der Waals surface area (Å²) in [6.07, 6.45) is 0.987. The summed E-state index contributed by atoms with van der Waals surface area (Å²) < 4.78 is 5.42. The first-order valence-corrected chi connectivity index (χ1v) is 5.18. The minimum Gasteiger partial charge on any atom is -0.494 e. The van der Waals surface area contributed by atoms with Crippen LogP contribution in [0.4, 0.5) is 0 Å². The highest BCUT2D eigenvalue weighted by molar-refractivity contribution is 5.97. The van der Waals surface area contributed by atoms with Crippen molar-refractivity contribution in [2.75, 3.05) is 20.2 Å². The highest BCUT2D eigenvalue weighted by Crippen LogP contribution is 2.12. The van der Waals surface area contributed by atoms with Crippen LogP contribution in [0.15, 0.2) is 24.3 Å². The molecule has 3 heteroatoms. The standard InChI is InChI=1S/C12H17NO2/c1-3-8-15-11-6-4-10(5-7-11)12(14)9-13-2/h4-7,13H,3,8-9H2,1-2H3. The van der Waals surface area contributed by atoms with Crippen LogP contribution < -0.4 is 10.1 Å². The van der Waals surface area contributed by atoms with Crippen LogP contribution in [-0.2, 0) is 0 Å². The molecule has 0 aliphatic rings. The summed E-state index contributed by atoms with van der Waals surface area (Å²) in [5.74, 6) is 0.914. The van der Waals surface area contributed by atoms with E-state index in [-0.39, 0.29) is 5.78 Å². The monoisotopic (exact) mass is 207 g/mol. The van der Waals surface area contributed by atoms with E-state index in [1.54, 1.807) is 19.2 Å². The molecule has 0 unspecified atom stereocenters. The van der Waals surface area contributed by atoms with Crippen LogP contribution in [0.2, 0.25) is 0 Å². The first kappa shape index (κ1) is 11.7. The van der Waals surface area contributed by atoms with Gasteiger partial charge in [0.15, 0.2) is 5.78 Å². The first-order chi connectivity index (χ1) is 7.27. The minimum atomic E-state index is 0.0968. The highest BCUT2D eigenvalue weighted by atomic mass is 16.5. The van der Waals surface area contributed by atoms with E-state index in [0.29, 0.717) is 18.7 Å². The van der Waals surface area contributed by atoms with E-state index in [1.165, 1.54) is 0 Å². The van der Waals surface area contributed by atoms with Crippen molar-refractivity contribution in [1.82, 2.24) is 5.32 Å². The average Bonchev–Trinajstić information content (AvgIpc) is 2.27. The third kappa shape index (κ3) is 3.72. The predicted octanol–water partition coefficient (Wildman–Crippen LogP) is 1.88. The van der Waals surface area contributed by atoms with Gasteiger partial charge in [-0.2, -0.15) is 0 Å². The Balaban J connectivity index is 2.59. The molecule has 0 bridgehead atoms. The molecular formula is C12H17NO2. The quantitative estimate of drug-likeness (QED) is 0.724. The normalized spacial score (nSPS) is 10.0. The summed E-state index contributed by atoms with van der Waals surface area (Å²) in [5.41, 5.74) is 0.716. The minimum absolute atomic E-state index is 0.0968. The molecule has 1 rings (SSSR count). The van der Waals surface area contributed by atoms with Gasteiger partial charge in [0.25, 0.3) is 0 Å². The SMILES string of the molecule is CCCOc1ccc(C(=O)CNC)cc1. The molecule has 0 amide bonds. The fourth-order valence-electron chi connectivity index (χ4n) is 1.22. The molecule has 1 aromatic carbocycles. The predicted molar refractivity (Wildman–Crippen MR) is 60.5 cm³/mol. The van der Waals surface area contributed by atoms with Crippen molar-refractivity contribution in [3.05, 3.63) is 29.8 Å². The zero-order valence-corrected chi connectivity index (χ0v) is 9.25. The van der Waals surface area contributed by atoms with E-state index >= 15 is 0 Å². The number of benzene rings is 1. The van der Waals surface area contributed by atoms with Crippen LogP contribution in [-0.4, -0.2) is 26.0 Å². The van der Waals surface area contributed by atoms with E-state index in [1.807, 2.05) is 12.1 Å². The lowest BCUT2D eigenvalue weighted by Crippen LogP contribution is -2.18. The third-order valence-corrected chi connectivity index (χ3v) is 1.99. The molecule has 0 spiro atoms. The van der Waals surface area contributed by atoms with Gasteiger partial charge in [-0.25, -0.2) is 0 Å². The van der Waals surface area contributed by atoms with Crippen LogP contribution in [0.5, 0.6) is 5.75 Å². The smallest absolute Gasteiger partial charge is 0.176 e. The molecule has 0 radical (unpaired) electrons. The molecule has 0 heterocycles. The zero-order valence-electron chi connectivity index (χ0n) is 9.25. The van der Waals surface area contributed by atoms with Gasteiger partial charge in [0.05, 0.1) is 13.2 Å². The molecule has 0 saturated carbocycles. The van der Waals surface area contributed by atoms with Crippen LogP contribution in [0.3, 0.4) is 0 Å². The molecule has 15 heavy (non-hydrogen) atoms. The van der Waals surface area contributed by atoms with Crippen molar-refractivity contribution in [3.8, 4) is 5.75 Å². The second-order valence-electron chi connectivity index (χ2n) is 3.33. The highest BCUT2D eigenvalue weighted by Gasteiger charge is 2.03. The Morgan fingerprint density at radius 1 is 1.33 bits per heavy atom. The van der Waals surface area contributed by atoms with Crippen molar-refractivity contribution in [2.24, 2.45) is 0 Å². The number of hydrogen-bond acceptors (Lipinski definition) is 3. The van der Waals surface area contributed by atoms with Gasteiger partial charge in [-0.1, -0.05) is 6.92 Å². The lowest BCUT2D eigenvalue weighted by atomic mass is 10.1. The maximum atomic E-state index is 11.5. The number of ether oxygens (including phenoxy) is 1. The van der Waals surface area contributed by atoms with Crippen LogP contribution >= 0.6 is 0 Å². The van der Waals surface area contributed by atoms with Crippen LogP contribution in [0.1, 0.15) is 23.7 Å². The lowest BCUT2D eigenvalue weighted by Gasteiger charge is -2.05. The van der Waals surface area contributed by atoms with Gasteiger partial charge < -0.3 is 10.1 Å². The number of carbonyl (C=O) groups is 1. The molecule has 0 atom stereocenters. The van der Waals surface area contributed by atoms with Crippen molar-refractivity contribution < 1.29 is 9.53 Å². The van der Waals surface area contributed by atoms with E-state index in [0.717, 1.165) is 12.2 Å². The summed E-state index contributed by atoms with van der Waals surface area (Å²) in [6.45, 7) is 3.14. The second-order valence-corrected chi connectivity index (χ2v) is 3.33. The fraction of sp³-hybridized carbons (Fsp3) is 0.417. The number of nitrogens with one attached hydrogen (secondary N) is 1. The summed E-state index contributed by atoms with van der Waals surface area (Å²) in [7, 11) is 1.76. The molecule has 0 saturated heterocycles. The molecule has 1 aromatic rings. The number of rotatable bonds is 6.